The lowest BCUT2D eigenvalue weighted by Crippen LogP contribution is -2.31. The molecule has 0 bridgehead atoms. The van der Waals surface area contributed by atoms with Gasteiger partial charge in [-0.05, 0) is 25.8 Å². The van der Waals surface area contributed by atoms with E-state index in [2.05, 4.69) is 12.2 Å². The lowest BCUT2D eigenvalue weighted by molar-refractivity contribution is 0.361. The van der Waals surface area contributed by atoms with Gasteiger partial charge in [0.15, 0.2) is 0 Å². The Hall–Kier alpha value is -0.0400. The van der Waals surface area contributed by atoms with Gasteiger partial charge in [-0.2, -0.15) is 0 Å². The first kappa shape index (κ1) is 18.3. The Kier molecular flexibility index (Phi) is 17.1. The second kappa shape index (κ2) is 15.0. The van der Waals surface area contributed by atoms with Crippen LogP contribution in [0.1, 0.15) is 79.6 Å². The molecule has 1 N–H and O–H groups in total. The molecular formula is C15H35N. The molecule has 2 aliphatic carbocycles. The molecular weight excluding hydrogens is 194 g/mol. The summed E-state index contributed by atoms with van der Waals surface area (Å²) < 4.78 is 0. The minimum absolute atomic E-state index is 0.866. The van der Waals surface area contributed by atoms with E-state index in [1.165, 1.54) is 44.9 Å². The standard InChI is InChI=1S/C6H12.C5H11N.2C2H6/c1-6-4-2-3-5-6;1-6-5-3-2-4-5;2*1-2/h6H,2-5H2,1H3;5-6H,2-4H2,1H3;2*1-2H3. The van der Waals surface area contributed by atoms with Gasteiger partial charge in [0.25, 0.3) is 0 Å². The number of hydrogen-bond acceptors (Lipinski definition) is 1. The molecule has 2 fully saturated rings. The molecule has 100 valence electrons. The van der Waals surface area contributed by atoms with Gasteiger partial charge in [0.1, 0.15) is 0 Å². The molecule has 2 saturated carbocycles. The largest absolute Gasteiger partial charge is 0.317 e. The summed E-state index contributed by atoms with van der Waals surface area (Å²) in [6.45, 7) is 10.3. The van der Waals surface area contributed by atoms with Crippen LogP contribution in [0.3, 0.4) is 0 Å². The molecule has 0 aromatic carbocycles. The van der Waals surface area contributed by atoms with Crippen molar-refractivity contribution in [3.05, 3.63) is 0 Å². The van der Waals surface area contributed by atoms with E-state index in [-0.39, 0.29) is 0 Å². The predicted molar refractivity (Wildman–Crippen MR) is 77.0 cm³/mol. The summed E-state index contributed by atoms with van der Waals surface area (Å²) >= 11 is 0. The van der Waals surface area contributed by atoms with E-state index >= 15 is 0 Å². The quantitative estimate of drug-likeness (QED) is 0.666. The smallest absolute Gasteiger partial charge is 0.00640 e. The van der Waals surface area contributed by atoms with Crippen molar-refractivity contribution in [3.8, 4) is 0 Å². The highest BCUT2D eigenvalue weighted by molar-refractivity contribution is 4.73. The van der Waals surface area contributed by atoms with E-state index in [1.54, 1.807) is 0 Å². The number of rotatable bonds is 1. The van der Waals surface area contributed by atoms with E-state index in [0.29, 0.717) is 0 Å². The van der Waals surface area contributed by atoms with Crippen LogP contribution in [0.5, 0.6) is 0 Å². The Labute approximate surface area is 104 Å². The fraction of sp³-hybridized carbons (Fsp3) is 1.00. The van der Waals surface area contributed by atoms with Crippen LogP contribution in [0.15, 0.2) is 0 Å². The maximum atomic E-state index is 3.20. The van der Waals surface area contributed by atoms with Gasteiger partial charge < -0.3 is 5.32 Å². The summed E-state index contributed by atoms with van der Waals surface area (Å²) in [5, 5.41) is 3.20. The molecule has 2 rings (SSSR count). The summed E-state index contributed by atoms with van der Waals surface area (Å²) in [5.41, 5.74) is 0. The molecule has 0 spiro atoms. The van der Waals surface area contributed by atoms with E-state index in [1.807, 2.05) is 34.7 Å². The molecule has 2 aliphatic rings. The topological polar surface area (TPSA) is 12.0 Å². The predicted octanol–water partition coefficient (Wildman–Crippen LogP) is 5.01. The van der Waals surface area contributed by atoms with Crippen molar-refractivity contribution in [1.82, 2.24) is 5.32 Å². The van der Waals surface area contributed by atoms with Crippen LogP contribution in [0.25, 0.3) is 0 Å². The van der Waals surface area contributed by atoms with E-state index in [0.717, 1.165) is 12.0 Å². The zero-order chi connectivity index (χ0) is 12.8. The van der Waals surface area contributed by atoms with Crippen molar-refractivity contribution in [3.63, 3.8) is 0 Å². The van der Waals surface area contributed by atoms with Gasteiger partial charge in [-0.1, -0.05) is 66.7 Å². The van der Waals surface area contributed by atoms with Crippen LogP contribution in [0.2, 0.25) is 0 Å². The van der Waals surface area contributed by atoms with E-state index in [4.69, 9.17) is 0 Å². The number of hydrogen-bond donors (Lipinski definition) is 1. The Morgan fingerprint density at radius 1 is 0.750 bits per heavy atom. The molecule has 0 atom stereocenters. The van der Waals surface area contributed by atoms with Crippen molar-refractivity contribution in [1.29, 1.82) is 0 Å². The van der Waals surface area contributed by atoms with Gasteiger partial charge in [0.05, 0.1) is 0 Å². The maximum Gasteiger partial charge on any atom is 0.00640 e. The first-order valence-electron chi connectivity index (χ1n) is 7.50. The van der Waals surface area contributed by atoms with Crippen molar-refractivity contribution in [2.45, 2.75) is 85.6 Å². The molecule has 16 heavy (non-hydrogen) atoms. The SMILES string of the molecule is CC.CC.CC1CCCC1.CNC1CCC1. The number of nitrogens with one attached hydrogen (secondary N) is 1. The average molecular weight is 229 g/mol. The second-order valence-electron chi connectivity index (χ2n) is 4.31. The Morgan fingerprint density at radius 3 is 1.25 bits per heavy atom. The van der Waals surface area contributed by atoms with Gasteiger partial charge in [-0.3, -0.25) is 0 Å². The maximum absolute atomic E-state index is 3.20. The lowest BCUT2D eigenvalue weighted by atomic mass is 9.94. The molecule has 0 radical (unpaired) electrons. The highest BCUT2D eigenvalue weighted by Crippen LogP contribution is 2.22. The third kappa shape index (κ3) is 10.5. The summed E-state index contributed by atoms with van der Waals surface area (Å²) in [7, 11) is 2.03. The van der Waals surface area contributed by atoms with Crippen molar-refractivity contribution < 1.29 is 0 Å². The fourth-order valence-electron chi connectivity index (χ4n) is 1.83. The van der Waals surface area contributed by atoms with Crippen molar-refractivity contribution in [2.24, 2.45) is 5.92 Å². The van der Waals surface area contributed by atoms with Gasteiger partial charge in [0, 0.05) is 6.04 Å². The zero-order valence-corrected chi connectivity index (χ0v) is 12.6. The molecule has 1 nitrogen and oxygen atoms in total. The van der Waals surface area contributed by atoms with E-state index in [9.17, 15) is 0 Å². The molecule has 0 saturated heterocycles. The van der Waals surface area contributed by atoms with Crippen LogP contribution < -0.4 is 5.32 Å². The minimum atomic E-state index is 0.866. The van der Waals surface area contributed by atoms with Crippen LogP contribution >= 0.6 is 0 Å². The summed E-state index contributed by atoms with van der Waals surface area (Å²) in [6.07, 6.45) is 10.2. The Bertz CT molecular complexity index is 99.2. The molecule has 0 unspecified atom stereocenters. The van der Waals surface area contributed by atoms with Gasteiger partial charge in [0.2, 0.25) is 0 Å². The zero-order valence-electron chi connectivity index (χ0n) is 12.6. The normalized spacial score (nSPS) is 19.1. The second-order valence-corrected chi connectivity index (χ2v) is 4.31. The summed E-state index contributed by atoms with van der Waals surface area (Å²) in [6, 6.07) is 0.866. The van der Waals surface area contributed by atoms with Gasteiger partial charge in [-0.25, -0.2) is 0 Å². The van der Waals surface area contributed by atoms with Gasteiger partial charge >= 0.3 is 0 Å². The van der Waals surface area contributed by atoms with Crippen LogP contribution in [-0.2, 0) is 0 Å². The Morgan fingerprint density at radius 2 is 1.19 bits per heavy atom. The molecule has 0 amide bonds. The first-order chi connectivity index (χ1) is 7.83. The molecule has 1 heteroatoms. The van der Waals surface area contributed by atoms with Crippen molar-refractivity contribution >= 4 is 0 Å². The lowest BCUT2D eigenvalue weighted by Gasteiger charge is -2.23. The summed E-state index contributed by atoms with van der Waals surface area (Å²) in [5.74, 6) is 1.05. The van der Waals surface area contributed by atoms with Crippen LogP contribution in [0, 0.1) is 5.92 Å². The monoisotopic (exact) mass is 229 g/mol. The third-order valence-electron chi connectivity index (χ3n) is 3.16. The molecule has 0 aromatic rings. The molecule has 0 aliphatic heterocycles. The van der Waals surface area contributed by atoms with Crippen LogP contribution in [-0.4, -0.2) is 13.1 Å². The summed E-state index contributed by atoms with van der Waals surface area (Å²) in [4.78, 5) is 0. The highest BCUT2D eigenvalue weighted by Gasteiger charge is 2.13. The third-order valence-corrected chi connectivity index (χ3v) is 3.16. The fourth-order valence-corrected chi connectivity index (χ4v) is 1.83. The molecule has 0 aromatic heterocycles. The van der Waals surface area contributed by atoms with Crippen molar-refractivity contribution in [2.75, 3.05) is 7.05 Å². The minimum Gasteiger partial charge on any atom is -0.317 e. The highest BCUT2D eigenvalue weighted by atomic mass is 14.9. The average Bonchev–Trinajstić information content (AvgIpc) is 2.74. The first-order valence-corrected chi connectivity index (χ1v) is 7.50. The van der Waals surface area contributed by atoms with E-state index < -0.39 is 0 Å². The van der Waals surface area contributed by atoms with Crippen LogP contribution in [0.4, 0.5) is 0 Å². The van der Waals surface area contributed by atoms with Gasteiger partial charge in [-0.15, -0.1) is 0 Å². The molecule has 0 heterocycles. The Balaban J connectivity index is 0.